The first kappa shape index (κ1) is 15.5. The van der Waals surface area contributed by atoms with Crippen LogP contribution < -0.4 is 10.1 Å². The molecule has 1 N–H and O–H groups in total. The highest BCUT2D eigenvalue weighted by molar-refractivity contribution is 7.09. The summed E-state index contributed by atoms with van der Waals surface area (Å²) in [4.78, 5) is 16.0. The van der Waals surface area contributed by atoms with Crippen LogP contribution in [0.4, 0.5) is 0 Å². The zero-order valence-electron chi connectivity index (χ0n) is 12.2. The van der Waals surface area contributed by atoms with E-state index in [0.29, 0.717) is 19.6 Å². The number of aromatic nitrogens is 1. The molecule has 2 rings (SSSR count). The highest BCUT2D eigenvalue weighted by Gasteiger charge is 2.03. The Kier molecular flexibility index (Phi) is 6.22. The highest BCUT2D eigenvalue weighted by Crippen LogP contribution is 2.09. The Morgan fingerprint density at radius 2 is 2.14 bits per heavy atom. The van der Waals surface area contributed by atoms with Crippen molar-refractivity contribution >= 4 is 17.2 Å². The molecule has 112 valence electrons. The van der Waals surface area contributed by atoms with Crippen LogP contribution in [0.3, 0.4) is 0 Å². The molecular formula is C16H20N2O2S. The number of ether oxygens (including phenoxy) is 1. The Bertz CT molecular complexity index is 554. The lowest BCUT2D eigenvalue weighted by atomic mass is 10.3. The Morgan fingerprint density at radius 1 is 1.33 bits per heavy atom. The van der Waals surface area contributed by atoms with E-state index in [-0.39, 0.29) is 5.91 Å². The first-order valence-electron chi connectivity index (χ1n) is 7.09. The minimum atomic E-state index is 0.0694. The summed E-state index contributed by atoms with van der Waals surface area (Å²) in [5.41, 5.74) is 1.04. The Labute approximate surface area is 129 Å². The van der Waals surface area contributed by atoms with Gasteiger partial charge in [-0.25, -0.2) is 4.98 Å². The standard InChI is InChI=1S/C16H20N2O2S/c1-13-12-21-16(18-13)9-10-17-15(19)8-5-11-20-14-6-3-2-4-7-14/h2-4,6-7,12H,5,8-11H2,1H3,(H,17,19). The molecule has 0 spiro atoms. The number of carbonyl (C=O) groups is 1. The molecule has 5 heteroatoms. The molecule has 0 aliphatic heterocycles. The van der Waals surface area contributed by atoms with E-state index in [2.05, 4.69) is 10.3 Å². The number of benzene rings is 1. The number of carbonyl (C=O) groups excluding carboxylic acids is 1. The molecule has 0 aliphatic rings. The number of thiazole rings is 1. The van der Waals surface area contributed by atoms with Crippen molar-refractivity contribution < 1.29 is 9.53 Å². The largest absolute Gasteiger partial charge is 0.494 e. The smallest absolute Gasteiger partial charge is 0.220 e. The van der Waals surface area contributed by atoms with Gasteiger partial charge < -0.3 is 10.1 Å². The number of hydrogen-bond donors (Lipinski definition) is 1. The molecule has 21 heavy (non-hydrogen) atoms. The molecule has 0 saturated heterocycles. The summed E-state index contributed by atoms with van der Waals surface area (Å²) >= 11 is 1.64. The van der Waals surface area contributed by atoms with Crippen molar-refractivity contribution in [2.24, 2.45) is 0 Å². The molecule has 1 amide bonds. The molecule has 0 saturated carbocycles. The van der Waals surface area contributed by atoms with Gasteiger partial charge in [-0.15, -0.1) is 11.3 Å². The number of amides is 1. The van der Waals surface area contributed by atoms with Crippen LogP contribution in [0.1, 0.15) is 23.5 Å². The van der Waals surface area contributed by atoms with Crippen molar-refractivity contribution in [3.8, 4) is 5.75 Å². The van der Waals surface area contributed by atoms with E-state index in [1.807, 2.05) is 42.6 Å². The van der Waals surface area contributed by atoms with Gasteiger partial charge in [-0.1, -0.05) is 18.2 Å². The Hall–Kier alpha value is -1.88. The van der Waals surface area contributed by atoms with Gasteiger partial charge in [0, 0.05) is 30.5 Å². The average molecular weight is 304 g/mol. The molecule has 0 bridgehead atoms. The van der Waals surface area contributed by atoms with Crippen molar-refractivity contribution in [1.29, 1.82) is 0 Å². The average Bonchev–Trinajstić information content (AvgIpc) is 2.90. The maximum Gasteiger partial charge on any atom is 0.220 e. The third-order valence-corrected chi connectivity index (χ3v) is 3.91. The summed E-state index contributed by atoms with van der Waals surface area (Å²) in [5, 5.41) is 6.01. The van der Waals surface area contributed by atoms with Crippen LogP contribution in [0.25, 0.3) is 0 Å². The molecule has 4 nitrogen and oxygen atoms in total. The van der Waals surface area contributed by atoms with E-state index in [4.69, 9.17) is 4.74 Å². The first-order valence-corrected chi connectivity index (χ1v) is 7.97. The van der Waals surface area contributed by atoms with Gasteiger partial charge in [0.25, 0.3) is 0 Å². The van der Waals surface area contributed by atoms with E-state index >= 15 is 0 Å². The second kappa shape index (κ2) is 8.42. The zero-order chi connectivity index (χ0) is 14.9. The second-order valence-electron chi connectivity index (χ2n) is 4.75. The quantitative estimate of drug-likeness (QED) is 0.763. The number of hydrogen-bond acceptors (Lipinski definition) is 4. The minimum Gasteiger partial charge on any atom is -0.494 e. The lowest BCUT2D eigenvalue weighted by Gasteiger charge is -2.06. The number of nitrogens with zero attached hydrogens (tertiary/aromatic N) is 1. The van der Waals surface area contributed by atoms with E-state index in [1.165, 1.54) is 0 Å². The number of para-hydroxylation sites is 1. The number of aryl methyl sites for hydroxylation is 1. The summed E-state index contributed by atoms with van der Waals surface area (Å²) in [6.45, 7) is 3.18. The van der Waals surface area contributed by atoms with Crippen molar-refractivity contribution in [2.75, 3.05) is 13.2 Å². The van der Waals surface area contributed by atoms with Gasteiger partial charge in [-0.2, -0.15) is 0 Å². The topological polar surface area (TPSA) is 51.2 Å². The fraction of sp³-hybridized carbons (Fsp3) is 0.375. The molecule has 2 aromatic rings. The molecule has 0 fully saturated rings. The van der Waals surface area contributed by atoms with Crippen LogP contribution in [0, 0.1) is 6.92 Å². The SMILES string of the molecule is Cc1csc(CCNC(=O)CCCOc2ccccc2)n1. The maximum absolute atomic E-state index is 11.7. The molecule has 0 atom stereocenters. The van der Waals surface area contributed by atoms with Gasteiger partial charge in [0.05, 0.1) is 11.6 Å². The minimum absolute atomic E-state index is 0.0694. The van der Waals surface area contributed by atoms with Crippen LogP contribution in [-0.2, 0) is 11.2 Å². The van der Waals surface area contributed by atoms with E-state index in [0.717, 1.165) is 29.3 Å². The lowest BCUT2D eigenvalue weighted by molar-refractivity contribution is -0.121. The van der Waals surface area contributed by atoms with Crippen LogP contribution >= 0.6 is 11.3 Å². The monoisotopic (exact) mass is 304 g/mol. The van der Waals surface area contributed by atoms with Gasteiger partial charge in [0.1, 0.15) is 5.75 Å². The molecule has 0 aliphatic carbocycles. The first-order chi connectivity index (χ1) is 10.2. The van der Waals surface area contributed by atoms with E-state index in [9.17, 15) is 4.79 Å². The molecule has 1 heterocycles. The predicted octanol–water partition coefficient (Wildman–Crippen LogP) is 2.97. The maximum atomic E-state index is 11.7. The van der Waals surface area contributed by atoms with Crippen LogP contribution in [0.2, 0.25) is 0 Å². The summed E-state index contributed by atoms with van der Waals surface area (Å²) < 4.78 is 5.54. The van der Waals surface area contributed by atoms with Crippen LogP contribution in [0.15, 0.2) is 35.7 Å². The molecular weight excluding hydrogens is 284 g/mol. The number of rotatable bonds is 8. The van der Waals surface area contributed by atoms with E-state index < -0.39 is 0 Å². The van der Waals surface area contributed by atoms with Gasteiger partial charge >= 0.3 is 0 Å². The lowest BCUT2D eigenvalue weighted by Crippen LogP contribution is -2.25. The van der Waals surface area contributed by atoms with Crippen molar-refractivity contribution in [2.45, 2.75) is 26.2 Å². The van der Waals surface area contributed by atoms with Gasteiger partial charge in [0.2, 0.25) is 5.91 Å². The summed E-state index contributed by atoms with van der Waals surface area (Å²) in [6.07, 6.45) is 2.01. The van der Waals surface area contributed by atoms with Gasteiger partial charge in [-0.05, 0) is 25.5 Å². The van der Waals surface area contributed by atoms with Crippen LogP contribution in [-0.4, -0.2) is 24.0 Å². The molecule has 1 aromatic carbocycles. The van der Waals surface area contributed by atoms with Crippen LogP contribution in [0.5, 0.6) is 5.75 Å². The third-order valence-electron chi connectivity index (χ3n) is 2.89. The zero-order valence-corrected chi connectivity index (χ0v) is 13.0. The van der Waals surface area contributed by atoms with Gasteiger partial charge in [0.15, 0.2) is 0 Å². The highest BCUT2D eigenvalue weighted by atomic mass is 32.1. The summed E-state index contributed by atoms with van der Waals surface area (Å²) in [6, 6.07) is 9.64. The van der Waals surface area contributed by atoms with Crippen molar-refractivity contribution in [3.05, 3.63) is 46.4 Å². The molecule has 0 unspecified atom stereocenters. The second-order valence-corrected chi connectivity index (χ2v) is 5.69. The summed E-state index contributed by atoms with van der Waals surface area (Å²) in [5.74, 6) is 0.914. The van der Waals surface area contributed by atoms with Crippen molar-refractivity contribution in [1.82, 2.24) is 10.3 Å². The predicted molar refractivity (Wildman–Crippen MR) is 84.7 cm³/mol. The fourth-order valence-electron chi connectivity index (χ4n) is 1.85. The Balaban J connectivity index is 1.53. The van der Waals surface area contributed by atoms with Gasteiger partial charge in [-0.3, -0.25) is 4.79 Å². The molecule has 1 aromatic heterocycles. The van der Waals surface area contributed by atoms with Crippen molar-refractivity contribution in [3.63, 3.8) is 0 Å². The summed E-state index contributed by atoms with van der Waals surface area (Å²) in [7, 11) is 0. The normalized spacial score (nSPS) is 10.3. The number of nitrogens with one attached hydrogen (secondary N) is 1. The third kappa shape index (κ3) is 5.95. The Morgan fingerprint density at radius 3 is 2.86 bits per heavy atom. The fourth-order valence-corrected chi connectivity index (χ4v) is 2.63. The van der Waals surface area contributed by atoms with E-state index in [1.54, 1.807) is 11.3 Å². The molecule has 0 radical (unpaired) electrons.